The fourth-order valence-corrected chi connectivity index (χ4v) is 2.34. The Balaban J connectivity index is 1.84. The number of hydrogen-bond acceptors (Lipinski definition) is 5. The minimum Gasteiger partial charge on any atom is -0.497 e. The predicted molar refractivity (Wildman–Crippen MR) is 93.8 cm³/mol. The minimum atomic E-state index is -0.514. The van der Waals surface area contributed by atoms with Crippen molar-refractivity contribution in [1.82, 2.24) is 15.0 Å². The van der Waals surface area contributed by atoms with E-state index >= 15 is 0 Å². The number of rotatable bonds is 4. The van der Waals surface area contributed by atoms with Gasteiger partial charge in [0.05, 0.1) is 12.7 Å². The number of nitrogens with zero attached hydrogens (tertiary/aromatic N) is 2. The summed E-state index contributed by atoms with van der Waals surface area (Å²) in [6.45, 7) is 1.71. The molecule has 0 aliphatic carbocycles. The van der Waals surface area contributed by atoms with Crippen molar-refractivity contribution in [2.24, 2.45) is 0 Å². The lowest BCUT2D eigenvalue weighted by Gasteiger charge is -2.07. The van der Waals surface area contributed by atoms with Crippen molar-refractivity contribution in [3.63, 3.8) is 0 Å². The summed E-state index contributed by atoms with van der Waals surface area (Å²) in [6, 6.07) is 10.8. The van der Waals surface area contributed by atoms with Gasteiger partial charge in [0.1, 0.15) is 11.6 Å². The van der Waals surface area contributed by atoms with E-state index in [9.17, 15) is 9.59 Å². The second kappa shape index (κ2) is 6.96. The molecule has 7 nitrogen and oxygen atoms in total. The normalized spacial score (nSPS) is 10.3. The molecule has 7 heteroatoms. The van der Waals surface area contributed by atoms with Crippen LogP contribution in [0.25, 0.3) is 11.1 Å². The van der Waals surface area contributed by atoms with Crippen LogP contribution in [0.4, 0.5) is 5.82 Å². The van der Waals surface area contributed by atoms with Crippen LogP contribution in [0.5, 0.6) is 5.75 Å². The molecule has 3 rings (SSSR count). The Bertz CT molecular complexity index is 965. The molecule has 3 aromatic rings. The topological polar surface area (TPSA) is 97.0 Å². The van der Waals surface area contributed by atoms with Crippen molar-refractivity contribution in [3.05, 3.63) is 70.5 Å². The Morgan fingerprint density at radius 3 is 2.56 bits per heavy atom. The number of ether oxygens (including phenoxy) is 1. The Hall–Kier alpha value is -3.48. The molecule has 0 spiro atoms. The number of carbonyl (C=O) groups excluding carboxylic acids is 1. The van der Waals surface area contributed by atoms with Gasteiger partial charge in [0.2, 0.25) is 0 Å². The van der Waals surface area contributed by atoms with Gasteiger partial charge < -0.3 is 15.0 Å². The van der Waals surface area contributed by atoms with E-state index in [1.54, 1.807) is 32.4 Å². The molecule has 1 amide bonds. The molecule has 0 aliphatic heterocycles. The third-order valence-electron chi connectivity index (χ3n) is 3.54. The molecule has 0 fully saturated rings. The number of amides is 1. The molecule has 0 atom stereocenters. The molecule has 0 saturated heterocycles. The van der Waals surface area contributed by atoms with E-state index < -0.39 is 5.69 Å². The van der Waals surface area contributed by atoms with Crippen LogP contribution in [0.2, 0.25) is 0 Å². The summed E-state index contributed by atoms with van der Waals surface area (Å²) in [5.74, 6) is 0.558. The lowest BCUT2D eigenvalue weighted by molar-refractivity contribution is 0.102. The molecule has 0 bridgehead atoms. The van der Waals surface area contributed by atoms with Crippen molar-refractivity contribution in [3.8, 4) is 16.9 Å². The van der Waals surface area contributed by atoms with Crippen LogP contribution in [-0.2, 0) is 0 Å². The number of H-pyrrole nitrogens is 1. The lowest BCUT2D eigenvalue weighted by atomic mass is 10.1. The first-order chi connectivity index (χ1) is 12.0. The number of aromatic amines is 1. The summed E-state index contributed by atoms with van der Waals surface area (Å²) in [7, 11) is 1.60. The summed E-state index contributed by atoms with van der Waals surface area (Å²) < 4.78 is 5.14. The minimum absolute atomic E-state index is 0.195. The van der Waals surface area contributed by atoms with Gasteiger partial charge in [-0.15, -0.1) is 0 Å². The third-order valence-corrected chi connectivity index (χ3v) is 3.54. The molecule has 2 heterocycles. The average molecular weight is 336 g/mol. The van der Waals surface area contributed by atoms with Gasteiger partial charge in [-0.25, -0.2) is 4.79 Å². The number of hydrogen-bond donors (Lipinski definition) is 2. The monoisotopic (exact) mass is 336 g/mol. The van der Waals surface area contributed by atoms with E-state index in [2.05, 4.69) is 20.3 Å². The van der Waals surface area contributed by atoms with E-state index in [0.717, 1.165) is 16.9 Å². The van der Waals surface area contributed by atoms with Crippen molar-refractivity contribution >= 4 is 11.7 Å². The highest BCUT2D eigenvalue weighted by atomic mass is 16.5. The molecule has 2 aromatic heterocycles. The first kappa shape index (κ1) is 16.4. The maximum Gasteiger partial charge on any atom is 0.347 e. The number of aryl methyl sites for hydroxylation is 1. The first-order valence-corrected chi connectivity index (χ1v) is 7.54. The van der Waals surface area contributed by atoms with Crippen LogP contribution in [0.3, 0.4) is 0 Å². The van der Waals surface area contributed by atoms with E-state index in [0.29, 0.717) is 11.3 Å². The zero-order valence-corrected chi connectivity index (χ0v) is 13.7. The van der Waals surface area contributed by atoms with Gasteiger partial charge in [0.25, 0.3) is 5.91 Å². The zero-order valence-electron chi connectivity index (χ0n) is 13.7. The van der Waals surface area contributed by atoms with Gasteiger partial charge in [-0.3, -0.25) is 9.78 Å². The van der Waals surface area contributed by atoms with E-state index in [1.807, 2.05) is 24.3 Å². The first-order valence-electron chi connectivity index (χ1n) is 7.54. The Morgan fingerprint density at radius 1 is 1.12 bits per heavy atom. The van der Waals surface area contributed by atoms with Crippen molar-refractivity contribution in [2.75, 3.05) is 12.4 Å². The van der Waals surface area contributed by atoms with Gasteiger partial charge in [0, 0.05) is 29.7 Å². The summed E-state index contributed by atoms with van der Waals surface area (Å²) in [5, 5.41) is 2.61. The Labute approximate surface area is 143 Å². The molecular formula is C18H16N4O3. The van der Waals surface area contributed by atoms with Crippen LogP contribution in [0, 0.1) is 6.92 Å². The molecule has 2 N–H and O–H groups in total. The second-order valence-corrected chi connectivity index (χ2v) is 5.40. The SMILES string of the molecule is COc1ccc(-c2cncc(C(=O)Nc3cc(C)[nH]c(=O)n3)c2)cc1. The Kier molecular flexibility index (Phi) is 4.56. The Morgan fingerprint density at radius 2 is 1.88 bits per heavy atom. The molecule has 0 unspecified atom stereocenters. The summed E-state index contributed by atoms with van der Waals surface area (Å²) in [5.41, 5.74) is 2.17. The highest BCUT2D eigenvalue weighted by Crippen LogP contribution is 2.22. The van der Waals surface area contributed by atoms with E-state index in [-0.39, 0.29) is 11.7 Å². The lowest BCUT2D eigenvalue weighted by Crippen LogP contribution is -2.19. The highest BCUT2D eigenvalue weighted by Gasteiger charge is 2.10. The molecule has 126 valence electrons. The summed E-state index contributed by atoms with van der Waals surface area (Å²) in [6.07, 6.45) is 3.14. The van der Waals surface area contributed by atoms with E-state index in [1.165, 1.54) is 6.20 Å². The molecular weight excluding hydrogens is 320 g/mol. The maximum absolute atomic E-state index is 12.4. The largest absolute Gasteiger partial charge is 0.497 e. The molecule has 0 aliphatic rings. The van der Waals surface area contributed by atoms with Gasteiger partial charge in [-0.2, -0.15) is 4.98 Å². The van der Waals surface area contributed by atoms with Crippen LogP contribution >= 0.6 is 0 Å². The van der Waals surface area contributed by atoms with Crippen LogP contribution in [0.15, 0.2) is 53.6 Å². The van der Waals surface area contributed by atoms with Gasteiger partial charge in [-0.05, 0) is 30.7 Å². The molecule has 0 saturated carbocycles. The van der Waals surface area contributed by atoms with Gasteiger partial charge >= 0.3 is 5.69 Å². The smallest absolute Gasteiger partial charge is 0.347 e. The fourth-order valence-electron chi connectivity index (χ4n) is 2.34. The number of pyridine rings is 1. The van der Waals surface area contributed by atoms with Gasteiger partial charge in [0.15, 0.2) is 0 Å². The van der Waals surface area contributed by atoms with Crippen molar-refractivity contribution in [1.29, 1.82) is 0 Å². The van der Waals surface area contributed by atoms with Crippen molar-refractivity contribution in [2.45, 2.75) is 6.92 Å². The summed E-state index contributed by atoms with van der Waals surface area (Å²) in [4.78, 5) is 34.1. The molecule has 25 heavy (non-hydrogen) atoms. The van der Waals surface area contributed by atoms with Crippen LogP contribution < -0.4 is 15.7 Å². The number of methoxy groups -OCH3 is 1. The number of nitrogens with one attached hydrogen (secondary N) is 2. The number of aromatic nitrogens is 3. The average Bonchev–Trinajstić information content (AvgIpc) is 2.61. The van der Waals surface area contributed by atoms with Crippen LogP contribution in [-0.4, -0.2) is 28.0 Å². The quantitative estimate of drug-likeness (QED) is 0.762. The standard InChI is InChI=1S/C18H16N4O3/c1-11-7-16(22-18(24)20-11)21-17(23)14-8-13(9-19-10-14)12-3-5-15(25-2)6-4-12/h3-10H,1-2H3,(H2,20,21,22,23,24). The fraction of sp³-hybridized carbons (Fsp3) is 0.111. The third kappa shape index (κ3) is 3.89. The van der Waals surface area contributed by atoms with Gasteiger partial charge in [-0.1, -0.05) is 12.1 Å². The summed E-state index contributed by atoms with van der Waals surface area (Å²) >= 11 is 0. The van der Waals surface area contributed by atoms with Crippen LogP contribution in [0.1, 0.15) is 16.1 Å². The van der Waals surface area contributed by atoms with E-state index in [4.69, 9.17) is 4.74 Å². The zero-order chi connectivity index (χ0) is 17.8. The maximum atomic E-state index is 12.4. The second-order valence-electron chi connectivity index (χ2n) is 5.40. The highest BCUT2D eigenvalue weighted by molar-refractivity contribution is 6.04. The van der Waals surface area contributed by atoms with Crippen molar-refractivity contribution < 1.29 is 9.53 Å². The number of anilines is 1. The molecule has 1 aromatic carbocycles. The predicted octanol–water partition coefficient (Wildman–Crippen LogP) is 2.40. The number of benzene rings is 1. The molecule has 0 radical (unpaired) electrons. The number of carbonyl (C=O) groups is 1.